The largest absolute Gasteiger partial charge is 0.506 e. The summed E-state index contributed by atoms with van der Waals surface area (Å²) < 4.78 is 132. The lowest BCUT2D eigenvalue weighted by atomic mass is 10.1. The Balaban J connectivity index is 1.54. The molecule has 0 amide bonds. The van der Waals surface area contributed by atoms with Gasteiger partial charge in [-0.15, -0.1) is 15.3 Å². The van der Waals surface area contributed by atoms with Gasteiger partial charge in [0.1, 0.15) is 32.7 Å². The van der Waals surface area contributed by atoms with E-state index in [1.54, 1.807) is 0 Å². The molecule has 0 radical (unpaired) electrons. The van der Waals surface area contributed by atoms with Gasteiger partial charge in [-0.3, -0.25) is 23.6 Å². The Hall–Kier alpha value is -6.14. The highest BCUT2D eigenvalue weighted by Gasteiger charge is 2.26. The number of H-pyrrole nitrogens is 1. The number of fused-ring (bicyclic) bond motifs is 1. The van der Waals surface area contributed by atoms with Crippen LogP contribution in [0.2, 0.25) is 0 Å². The van der Waals surface area contributed by atoms with E-state index >= 15 is 0 Å². The van der Waals surface area contributed by atoms with E-state index in [2.05, 4.69) is 29.7 Å². The molecule has 302 valence electrons. The predicted molar refractivity (Wildman–Crippen MR) is 191 cm³/mol. The van der Waals surface area contributed by atoms with Crippen molar-refractivity contribution in [1.82, 2.24) is 9.78 Å². The van der Waals surface area contributed by atoms with Crippen LogP contribution in [0.5, 0.6) is 17.2 Å². The maximum Gasteiger partial charge on any atom is 0.397 e. The summed E-state index contributed by atoms with van der Waals surface area (Å²) >= 11 is 0. The number of carboxylic acids is 1. The molecular weight excluding hydrogens is 849 g/mol. The Morgan fingerprint density at radius 2 is 1.44 bits per heavy atom. The Labute approximate surface area is 319 Å². The van der Waals surface area contributed by atoms with Gasteiger partial charge < -0.3 is 20.1 Å². The van der Waals surface area contributed by atoms with Crippen LogP contribution < -0.4 is 10.3 Å². The molecule has 28 heteroatoms. The molecule has 0 aliphatic rings. The van der Waals surface area contributed by atoms with Crippen molar-refractivity contribution in [1.29, 1.82) is 0 Å². The molecule has 0 fully saturated rings. The van der Waals surface area contributed by atoms with Gasteiger partial charge in [0, 0.05) is 17.5 Å². The number of nitrogens with one attached hydrogen (secondary N) is 1. The lowest BCUT2D eigenvalue weighted by molar-refractivity contribution is 0.0690. The normalized spacial score (nSPS) is 12.8. The molecule has 0 unspecified atom stereocenters. The van der Waals surface area contributed by atoms with E-state index in [0.717, 1.165) is 49.6 Å². The van der Waals surface area contributed by atoms with Crippen LogP contribution in [0.3, 0.4) is 0 Å². The highest BCUT2D eigenvalue weighted by molar-refractivity contribution is 7.91. The standard InChI is InChI=1S/C29H24N6O18S4/c1-52-21-12-19(20(36)13-22(21)54(41,42)9-8-53-57(49,50)51)31-32-24-23(56(46,47)48)10-14-2-3-15(11-18(14)27(24)37)30-33-25-26(29(39)40)34-35(28(25)38)16-4-6-17(7-5-16)55(43,44)45/h2-7,10-13,34,36-37H,8-9H2,1H3,(H,39,40)(H,43,44,45)(H,46,47,48)(H,49,50,51). The van der Waals surface area contributed by atoms with Crippen molar-refractivity contribution in [2.24, 2.45) is 20.5 Å². The van der Waals surface area contributed by atoms with Crippen LogP contribution >= 0.6 is 0 Å². The molecule has 57 heavy (non-hydrogen) atoms. The minimum Gasteiger partial charge on any atom is -0.506 e. The molecule has 5 rings (SSSR count). The minimum absolute atomic E-state index is 0.0429. The summed E-state index contributed by atoms with van der Waals surface area (Å²) in [6, 6.07) is 9.88. The topological polar surface area (TPSA) is 381 Å². The van der Waals surface area contributed by atoms with Crippen LogP contribution in [0.1, 0.15) is 10.5 Å². The summed E-state index contributed by atoms with van der Waals surface area (Å²) in [5, 5.41) is 48.3. The number of hydrogen-bond acceptors (Lipinski definition) is 18. The number of aromatic nitrogens is 2. The molecule has 0 atom stereocenters. The molecule has 0 aliphatic carbocycles. The van der Waals surface area contributed by atoms with Crippen LogP contribution in [0.4, 0.5) is 22.7 Å². The van der Waals surface area contributed by atoms with Crippen molar-refractivity contribution in [3.8, 4) is 22.9 Å². The highest BCUT2D eigenvalue weighted by atomic mass is 32.3. The van der Waals surface area contributed by atoms with Crippen molar-refractivity contribution in [3.05, 3.63) is 76.7 Å². The first-order valence-corrected chi connectivity index (χ1v) is 20.8. The first kappa shape index (κ1) is 42.0. The second kappa shape index (κ2) is 15.4. The van der Waals surface area contributed by atoms with Crippen molar-refractivity contribution < 1.29 is 76.4 Å². The average molecular weight is 873 g/mol. The third kappa shape index (κ3) is 9.29. The van der Waals surface area contributed by atoms with Gasteiger partial charge in [-0.1, -0.05) is 6.07 Å². The van der Waals surface area contributed by atoms with Crippen molar-refractivity contribution >= 4 is 80.0 Å². The number of nitrogens with zero attached hydrogens (tertiary/aromatic N) is 5. The molecule has 0 spiro atoms. The number of methoxy groups -OCH3 is 1. The third-order valence-corrected chi connectivity index (χ3v) is 11.4. The molecule has 7 N–H and O–H groups in total. The SMILES string of the molecule is COc1cc(N=Nc2c(S(=O)(=O)O)cc3ccc(N=Nc4c(C(=O)O)[nH]n(-c5ccc(S(=O)(=O)O)cc5)c4=O)cc3c2O)c(O)cc1S(=O)(=O)CCOS(=O)(=O)O. The summed E-state index contributed by atoms with van der Waals surface area (Å²) in [4.78, 5) is 22.9. The van der Waals surface area contributed by atoms with Gasteiger partial charge in [0.05, 0.1) is 35.7 Å². The third-order valence-electron chi connectivity index (χ3n) is 7.49. The summed E-state index contributed by atoms with van der Waals surface area (Å²) in [6.45, 7) is -1.01. The van der Waals surface area contributed by atoms with Crippen LogP contribution in [0.25, 0.3) is 16.5 Å². The van der Waals surface area contributed by atoms with Gasteiger partial charge >= 0.3 is 16.4 Å². The fourth-order valence-electron chi connectivity index (χ4n) is 4.90. The number of ether oxygens (including phenoxy) is 1. The van der Waals surface area contributed by atoms with E-state index in [1.807, 2.05) is 0 Å². The van der Waals surface area contributed by atoms with Crippen LogP contribution in [-0.2, 0) is 44.7 Å². The monoisotopic (exact) mass is 872 g/mol. The summed E-state index contributed by atoms with van der Waals surface area (Å²) in [5.41, 5.74) is -4.23. The quantitative estimate of drug-likeness (QED) is 0.0621. The van der Waals surface area contributed by atoms with Crippen LogP contribution in [0, 0.1) is 0 Å². The molecule has 24 nitrogen and oxygen atoms in total. The average Bonchev–Trinajstić information content (AvgIpc) is 3.45. The predicted octanol–water partition coefficient (Wildman–Crippen LogP) is 3.35. The lowest BCUT2D eigenvalue weighted by Crippen LogP contribution is -2.16. The molecule has 1 aromatic heterocycles. The highest BCUT2D eigenvalue weighted by Crippen LogP contribution is 2.44. The van der Waals surface area contributed by atoms with E-state index in [0.29, 0.717) is 10.7 Å². The Morgan fingerprint density at radius 1 is 0.789 bits per heavy atom. The number of carbonyl (C=O) groups is 1. The Kier molecular flexibility index (Phi) is 11.4. The maximum atomic E-state index is 13.2. The van der Waals surface area contributed by atoms with Gasteiger partial charge in [-0.05, 0) is 47.9 Å². The minimum atomic E-state index is -5.16. The van der Waals surface area contributed by atoms with Gasteiger partial charge in [0.2, 0.25) is 0 Å². The molecule has 0 aliphatic heterocycles. The summed E-state index contributed by atoms with van der Waals surface area (Å²) in [6.07, 6.45) is 0. The smallest absolute Gasteiger partial charge is 0.397 e. The summed E-state index contributed by atoms with van der Waals surface area (Å²) in [7, 11) is -18.1. The molecule has 4 aromatic carbocycles. The molecule has 0 bridgehead atoms. The Morgan fingerprint density at radius 3 is 2.02 bits per heavy atom. The first-order chi connectivity index (χ1) is 26.4. The number of phenols is 2. The number of azo groups is 2. The number of phenolic OH excluding ortho intramolecular Hbond substituents is 2. The number of benzene rings is 4. The van der Waals surface area contributed by atoms with E-state index in [9.17, 15) is 67.7 Å². The van der Waals surface area contributed by atoms with Gasteiger partial charge in [-0.25, -0.2) is 22.1 Å². The molecule has 0 saturated heterocycles. The van der Waals surface area contributed by atoms with Crippen molar-refractivity contribution in [3.63, 3.8) is 0 Å². The Bertz CT molecular complexity index is 3030. The number of aromatic carboxylic acids is 1. The van der Waals surface area contributed by atoms with Crippen molar-refractivity contribution in [2.45, 2.75) is 14.7 Å². The van der Waals surface area contributed by atoms with Crippen LogP contribution in [0.15, 0.2) is 101 Å². The number of aromatic hydroxyl groups is 2. The van der Waals surface area contributed by atoms with Crippen LogP contribution in [-0.4, -0.2) is 97.9 Å². The number of aromatic amines is 1. The van der Waals surface area contributed by atoms with Gasteiger partial charge in [0.25, 0.3) is 25.8 Å². The van der Waals surface area contributed by atoms with E-state index < -0.39 is 119 Å². The second-order valence-corrected chi connectivity index (χ2v) is 17.1. The molecule has 0 saturated carbocycles. The number of sulfone groups is 1. The number of hydrogen-bond donors (Lipinski definition) is 7. The van der Waals surface area contributed by atoms with E-state index in [4.69, 9.17) is 9.29 Å². The van der Waals surface area contributed by atoms with Gasteiger partial charge in [-0.2, -0.15) is 30.4 Å². The van der Waals surface area contributed by atoms with E-state index in [-0.39, 0.29) is 22.1 Å². The molecule has 5 aromatic rings. The second-order valence-electron chi connectivity index (χ2n) is 11.2. The fourth-order valence-corrected chi connectivity index (χ4v) is 7.70. The number of rotatable bonds is 14. The number of carboxylic acid groups (broad SMARTS) is 1. The zero-order valence-electron chi connectivity index (χ0n) is 28.1. The zero-order chi connectivity index (χ0) is 42.2. The summed E-state index contributed by atoms with van der Waals surface area (Å²) in [5.74, 6) is -4.98. The maximum absolute atomic E-state index is 13.2. The zero-order valence-corrected chi connectivity index (χ0v) is 31.4. The molecular formula is C29H24N6O18S4. The van der Waals surface area contributed by atoms with E-state index in [1.165, 1.54) is 12.1 Å². The van der Waals surface area contributed by atoms with Gasteiger partial charge in [0.15, 0.2) is 27.0 Å². The van der Waals surface area contributed by atoms with Crippen molar-refractivity contribution in [2.75, 3.05) is 19.5 Å². The fraction of sp³-hybridized carbons (Fsp3) is 0.103. The first-order valence-electron chi connectivity index (χ1n) is 14.9. The molecule has 1 heterocycles. The lowest BCUT2D eigenvalue weighted by Gasteiger charge is -2.12.